The molecule has 4 aromatic rings. The number of H-pyrrole nitrogens is 1. The fraction of sp³-hybridized carbons (Fsp3) is 0.0476. The monoisotopic (exact) mass is 390 g/mol. The first-order valence-corrected chi connectivity index (χ1v) is 8.92. The van der Waals surface area contributed by atoms with E-state index in [1.165, 1.54) is 6.07 Å². The average molecular weight is 391 g/mol. The number of carbonyl (C=O) groups excluding carboxylic acids is 1. The van der Waals surface area contributed by atoms with Gasteiger partial charge in [-0.25, -0.2) is 5.10 Å². The summed E-state index contributed by atoms with van der Waals surface area (Å²) in [5, 5.41) is 10.7. The summed E-state index contributed by atoms with van der Waals surface area (Å²) in [5.41, 5.74) is 3.61. The van der Waals surface area contributed by atoms with E-state index in [9.17, 15) is 9.59 Å². The lowest BCUT2D eigenvalue weighted by molar-refractivity contribution is 0.102. The third-order valence-corrected chi connectivity index (χ3v) is 4.54. The normalized spacial score (nSPS) is 10.8. The zero-order valence-corrected chi connectivity index (χ0v) is 15.6. The zero-order chi connectivity index (χ0) is 19.7. The molecule has 6 nitrogen and oxygen atoms in total. The number of anilines is 1. The molecule has 0 aliphatic carbocycles. The molecule has 0 radical (unpaired) electrons. The Hall–Kier alpha value is -3.51. The Kier molecular flexibility index (Phi) is 4.63. The van der Waals surface area contributed by atoms with Crippen molar-refractivity contribution in [3.63, 3.8) is 0 Å². The molecular formula is C21H15ClN4O2. The van der Waals surface area contributed by atoms with E-state index in [2.05, 4.69) is 20.5 Å². The Morgan fingerprint density at radius 1 is 1.07 bits per heavy atom. The maximum absolute atomic E-state index is 12.8. The average Bonchev–Trinajstić information content (AvgIpc) is 2.68. The number of rotatable bonds is 3. The van der Waals surface area contributed by atoms with Crippen molar-refractivity contribution in [1.82, 2.24) is 15.2 Å². The number of benzene rings is 2. The van der Waals surface area contributed by atoms with E-state index in [1.807, 2.05) is 18.2 Å². The minimum absolute atomic E-state index is 0.265. The topological polar surface area (TPSA) is 87.7 Å². The predicted octanol–water partition coefficient (Wildman–Crippen LogP) is 4.20. The van der Waals surface area contributed by atoms with Crippen LogP contribution in [0.15, 0.2) is 65.5 Å². The van der Waals surface area contributed by atoms with Crippen LogP contribution in [0.5, 0.6) is 0 Å². The highest BCUT2D eigenvalue weighted by molar-refractivity contribution is 6.31. The summed E-state index contributed by atoms with van der Waals surface area (Å²) in [5.74, 6) is -0.265. The molecule has 0 bridgehead atoms. The fourth-order valence-corrected chi connectivity index (χ4v) is 3.11. The Morgan fingerprint density at radius 2 is 1.93 bits per heavy atom. The molecule has 0 aliphatic rings. The van der Waals surface area contributed by atoms with Gasteiger partial charge >= 0.3 is 0 Å². The van der Waals surface area contributed by atoms with Gasteiger partial charge in [0.2, 0.25) is 0 Å². The van der Waals surface area contributed by atoms with E-state index < -0.39 is 0 Å². The van der Waals surface area contributed by atoms with Crippen molar-refractivity contribution in [3.8, 4) is 11.3 Å². The largest absolute Gasteiger partial charge is 0.322 e. The molecule has 0 saturated carbocycles. The second-order valence-corrected chi connectivity index (χ2v) is 6.74. The molecule has 2 heterocycles. The fourth-order valence-electron chi connectivity index (χ4n) is 2.93. The third kappa shape index (κ3) is 3.63. The summed E-state index contributed by atoms with van der Waals surface area (Å²) < 4.78 is 0. The Labute approximate surface area is 165 Å². The first kappa shape index (κ1) is 17.9. The van der Waals surface area contributed by atoms with Crippen LogP contribution in [0.3, 0.4) is 0 Å². The van der Waals surface area contributed by atoms with Gasteiger partial charge in [0.15, 0.2) is 0 Å². The van der Waals surface area contributed by atoms with Crippen molar-refractivity contribution in [2.45, 2.75) is 6.92 Å². The summed E-state index contributed by atoms with van der Waals surface area (Å²) >= 11 is 6.05. The van der Waals surface area contributed by atoms with Gasteiger partial charge in [0.1, 0.15) is 0 Å². The molecule has 2 aromatic heterocycles. The highest BCUT2D eigenvalue weighted by atomic mass is 35.5. The minimum atomic E-state index is -0.271. The lowest BCUT2D eigenvalue weighted by Gasteiger charge is -2.10. The summed E-state index contributed by atoms with van der Waals surface area (Å²) in [6.07, 6.45) is 0. The van der Waals surface area contributed by atoms with Crippen molar-refractivity contribution in [3.05, 3.63) is 87.3 Å². The lowest BCUT2D eigenvalue weighted by atomic mass is 10.1. The van der Waals surface area contributed by atoms with Crippen LogP contribution in [0, 0.1) is 6.92 Å². The maximum atomic E-state index is 12.8. The highest BCUT2D eigenvalue weighted by Gasteiger charge is 2.13. The van der Waals surface area contributed by atoms with Gasteiger partial charge in [-0.2, -0.15) is 5.10 Å². The van der Waals surface area contributed by atoms with E-state index in [4.69, 9.17) is 11.6 Å². The molecule has 138 valence electrons. The number of halogens is 1. The summed E-state index contributed by atoms with van der Waals surface area (Å²) in [4.78, 5) is 28.5. The number of hydrogen-bond acceptors (Lipinski definition) is 4. The number of pyridine rings is 1. The van der Waals surface area contributed by atoms with Crippen LogP contribution in [0.2, 0.25) is 5.02 Å². The van der Waals surface area contributed by atoms with Gasteiger partial charge in [0.05, 0.1) is 22.5 Å². The number of nitrogens with one attached hydrogen (secondary N) is 2. The minimum Gasteiger partial charge on any atom is -0.322 e. The van der Waals surface area contributed by atoms with Crippen molar-refractivity contribution >= 4 is 34.1 Å². The third-order valence-electron chi connectivity index (χ3n) is 4.31. The van der Waals surface area contributed by atoms with Crippen LogP contribution in [0.25, 0.3) is 22.2 Å². The summed E-state index contributed by atoms with van der Waals surface area (Å²) in [6, 6.07) is 17.4. The molecule has 7 heteroatoms. The Balaban J connectivity index is 1.64. The van der Waals surface area contributed by atoms with E-state index in [1.54, 1.807) is 43.3 Å². The van der Waals surface area contributed by atoms with Gasteiger partial charge in [-0.3, -0.25) is 14.6 Å². The molecule has 2 N–H and O–H groups in total. The van der Waals surface area contributed by atoms with Crippen molar-refractivity contribution in [2.75, 3.05) is 5.32 Å². The van der Waals surface area contributed by atoms with Crippen molar-refractivity contribution in [1.29, 1.82) is 0 Å². The number of aryl methyl sites for hydroxylation is 1. The standard InChI is InChI=1S/C21H15ClN4O2/c1-12-17(11-14-9-15(22)5-6-18(14)23-12)21(28)24-16-4-2-3-13(10-16)19-7-8-20(27)26-25-19/h2-11H,1H3,(H,24,28)(H,26,27). The zero-order valence-electron chi connectivity index (χ0n) is 14.9. The number of carbonyl (C=O) groups is 1. The number of hydrogen-bond donors (Lipinski definition) is 2. The SMILES string of the molecule is Cc1nc2ccc(Cl)cc2cc1C(=O)Nc1cccc(-c2ccc(=O)[nH]n2)c1. The molecule has 0 atom stereocenters. The molecule has 0 spiro atoms. The molecule has 0 fully saturated rings. The highest BCUT2D eigenvalue weighted by Crippen LogP contribution is 2.23. The van der Waals surface area contributed by atoms with Gasteiger partial charge in [-0.1, -0.05) is 23.7 Å². The maximum Gasteiger partial charge on any atom is 0.264 e. The van der Waals surface area contributed by atoms with Gasteiger partial charge in [0, 0.05) is 27.7 Å². The van der Waals surface area contributed by atoms with Gasteiger partial charge in [-0.05, 0) is 49.4 Å². The number of amides is 1. The molecule has 2 aromatic carbocycles. The number of nitrogens with zero attached hydrogens (tertiary/aromatic N) is 2. The van der Waals surface area contributed by atoms with E-state index in [-0.39, 0.29) is 11.5 Å². The van der Waals surface area contributed by atoms with Gasteiger partial charge in [0.25, 0.3) is 11.5 Å². The van der Waals surface area contributed by atoms with Crippen LogP contribution in [0.1, 0.15) is 16.1 Å². The summed E-state index contributed by atoms with van der Waals surface area (Å²) in [7, 11) is 0. The Morgan fingerprint density at radius 3 is 2.71 bits per heavy atom. The molecular weight excluding hydrogens is 376 g/mol. The first-order chi connectivity index (χ1) is 13.5. The summed E-state index contributed by atoms with van der Waals surface area (Å²) in [6.45, 7) is 1.80. The van der Waals surface area contributed by atoms with Gasteiger partial charge < -0.3 is 5.32 Å². The predicted molar refractivity (Wildman–Crippen MR) is 110 cm³/mol. The molecule has 0 saturated heterocycles. The van der Waals surface area contributed by atoms with Crippen molar-refractivity contribution in [2.24, 2.45) is 0 Å². The van der Waals surface area contributed by atoms with E-state index in [0.29, 0.717) is 27.7 Å². The van der Waals surface area contributed by atoms with Gasteiger partial charge in [-0.15, -0.1) is 0 Å². The number of aromatic amines is 1. The molecule has 28 heavy (non-hydrogen) atoms. The van der Waals surface area contributed by atoms with Crippen LogP contribution in [-0.4, -0.2) is 21.1 Å². The lowest BCUT2D eigenvalue weighted by Crippen LogP contribution is -2.14. The van der Waals surface area contributed by atoms with Crippen LogP contribution in [-0.2, 0) is 0 Å². The van der Waals surface area contributed by atoms with Crippen LogP contribution >= 0.6 is 11.6 Å². The second kappa shape index (κ2) is 7.25. The number of fused-ring (bicyclic) bond motifs is 1. The smallest absolute Gasteiger partial charge is 0.264 e. The Bertz CT molecular complexity index is 1250. The molecule has 0 aliphatic heterocycles. The number of aromatic nitrogens is 3. The van der Waals surface area contributed by atoms with Crippen molar-refractivity contribution < 1.29 is 4.79 Å². The molecule has 4 rings (SSSR count). The molecule has 1 amide bonds. The van der Waals surface area contributed by atoms with Crippen LogP contribution < -0.4 is 10.9 Å². The first-order valence-electron chi connectivity index (χ1n) is 8.54. The van der Waals surface area contributed by atoms with E-state index >= 15 is 0 Å². The molecule has 0 unspecified atom stereocenters. The quantitative estimate of drug-likeness (QED) is 0.548. The van der Waals surface area contributed by atoms with Crippen LogP contribution in [0.4, 0.5) is 5.69 Å². The van der Waals surface area contributed by atoms with E-state index in [0.717, 1.165) is 16.5 Å². The second-order valence-electron chi connectivity index (χ2n) is 6.30.